The van der Waals surface area contributed by atoms with Crippen LogP contribution in [0.1, 0.15) is 40.3 Å². The number of amides is 2. The van der Waals surface area contributed by atoms with E-state index in [1.54, 1.807) is 46.8 Å². The Morgan fingerprint density at radius 3 is 2.89 bits per heavy atom. The summed E-state index contributed by atoms with van der Waals surface area (Å²) in [6, 6.07) is 9.05. The van der Waals surface area contributed by atoms with Crippen molar-refractivity contribution in [3.05, 3.63) is 68.3 Å². The lowest BCUT2D eigenvalue weighted by molar-refractivity contribution is -0.137. The predicted molar refractivity (Wildman–Crippen MR) is 144 cm³/mol. The fourth-order valence-corrected chi connectivity index (χ4v) is 5.52. The zero-order valence-electron chi connectivity index (χ0n) is 20.6. The molecule has 2 amide bonds. The predicted octanol–water partition coefficient (Wildman–Crippen LogP) is 4.85. The molecular weight excluding hydrogens is 494 g/mol. The van der Waals surface area contributed by atoms with Gasteiger partial charge in [0.25, 0.3) is 0 Å². The van der Waals surface area contributed by atoms with Gasteiger partial charge in [0, 0.05) is 35.3 Å². The first-order valence-electron chi connectivity index (χ1n) is 12.0. The molecule has 1 atom stereocenters. The van der Waals surface area contributed by atoms with Crippen LogP contribution in [0.15, 0.2) is 47.3 Å². The van der Waals surface area contributed by atoms with E-state index in [2.05, 4.69) is 10.3 Å². The molecule has 0 spiro atoms. The Kier molecular flexibility index (Phi) is 9.13. The molecule has 1 aromatic carbocycles. The molecule has 1 aliphatic rings. The van der Waals surface area contributed by atoms with E-state index in [1.165, 1.54) is 4.88 Å². The largest absolute Gasteiger partial charge is 0.493 e. The van der Waals surface area contributed by atoms with Crippen LogP contribution in [0.4, 0.5) is 0 Å². The number of hydrogen-bond donors (Lipinski definition) is 1. The lowest BCUT2D eigenvalue weighted by atomic mass is 10.1. The Morgan fingerprint density at radius 2 is 2.14 bits per heavy atom. The molecule has 0 saturated carbocycles. The number of thiophene rings is 1. The molecule has 2 aromatic heterocycles. The first kappa shape index (κ1) is 25.9. The maximum Gasteiger partial charge on any atom is 0.247 e. The third kappa shape index (κ3) is 6.73. The third-order valence-corrected chi connectivity index (χ3v) is 7.94. The standard InChI is InChI=1S/C27H31N3O4S2/c1-19-25(36-18-29-19)12-14-34-23-10-8-20(16-24(23)33-2)17-30(22-7-3-4-13-28-27(22)32)26(31)11-9-21-6-5-15-35-21/h5-6,8-11,15-16,18,22H,3-4,7,12-14,17H2,1-2H3,(H,28,32)/t22-/m0/s1. The number of rotatable bonds is 10. The summed E-state index contributed by atoms with van der Waals surface area (Å²) in [7, 11) is 1.60. The quantitative estimate of drug-likeness (QED) is 0.383. The molecule has 0 aliphatic carbocycles. The summed E-state index contributed by atoms with van der Waals surface area (Å²) in [5.74, 6) is 0.951. The molecule has 0 radical (unpaired) electrons. The van der Waals surface area contributed by atoms with Crippen LogP contribution in [-0.4, -0.2) is 48.0 Å². The average Bonchev–Trinajstić information content (AvgIpc) is 3.50. The van der Waals surface area contributed by atoms with E-state index in [1.807, 2.05) is 48.1 Å². The number of ether oxygens (including phenoxy) is 2. The molecule has 3 aromatic rings. The van der Waals surface area contributed by atoms with Gasteiger partial charge >= 0.3 is 0 Å². The zero-order chi connectivity index (χ0) is 25.3. The molecule has 1 fully saturated rings. The van der Waals surface area contributed by atoms with Crippen molar-refractivity contribution in [1.29, 1.82) is 0 Å². The normalized spacial score (nSPS) is 15.9. The highest BCUT2D eigenvalue weighted by atomic mass is 32.1. The number of carbonyl (C=O) groups excluding carboxylic acids is 2. The molecular formula is C27H31N3O4S2. The fraction of sp³-hybridized carbons (Fsp3) is 0.370. The molecule has 3 heterocycles. The van der Waals surface area contributed by atoms with Crippen LogP contribution in [-0.2, 0) is 22.6 Å². The smallest absolute Gasteiger partial charge is 0.247 e. The molecule has 7 nitrogen and oxygen atoms in total. The Balaban J connectivity index is 1.50. The Labute approximate surface area is 219 Å². The molecule has 9 heteroatoms. The molecule has 1 saturated heterocycles. The minimum absolute atomic E-state index is 0.101. The second-order valence-electron chi connectivity index (χ2n) is 8.56. The van der Waals surface area contributed by atoms with Crippen molar-refractivity contribution in [1.82, 2.24) is 15.2 Å². The molecule has 36 heavy (non-hydrogen) atoms. The van der Waals surface area contributed by atoms with Gasteiger partial charge in [-0.1, -0.05) is 12.1 Å². The van der Waals surface area contributed by atoms with E-state index in [-0.39, 0.29) is 11.8 Å². The summed E-state index contributed by atoms with van der Waals surface area (Å²) in [4.78, 5) is 34.3. The van der Waals surface area contributed by atoms with Crippen LogP contribution in [0.2, 0.25) is 0 Å². The van der Waals surface area contributed by atoms with Crippen LogP contribution < -0.4 is 14.8 Å². The van der Waals surface area contributed by atoms with E-state index >= 15 is 0 Å². The summed E-state index contributed by atoms with van der Waals surface area (Å²) in [5.41, 5.74) is 3.75. The van der Waals surface area contributed by atoms with Gasteiger partial charge in [0.05, 0.1) is 24.9 Å². The second-order valence-corrected chi connectivity index (χ2v) is 10.5. The van der Waals surface area contributed by atoms with Crippen molar-refractivity contribution in [3.8, 4) is 11.5 Å². The molecule has 1 N–H and O–H groups in total. The van der Waals surface area contributed by atoms with Crippen molar-refractivity contribution < 1.29 is 19.1 Å². The number of aromatic nitrogens is 1. The van der Waals surface area contributed by atoms with E-state index in [0.29, 0.717) is 37.6 Å². The fourth-order valence-electron chi connectivity index (χ4n) is 4.14. The van der Waals surface area contributed by atoms with Crippen LogP contribution in [0, 0.1) is 6.92 Å². The lowest BCUT2D eigenvalue weighted by Crippen LogP contribution is -2.47. The molecule has 4 rings (SSSR count). The molecule has 0 bridgehead atoms. The molecule has 1 aliphatic heterocycles. The minimum Gasteiger partial charge on any atom is -0.493 e. The van der Waals surface area contributed by atoms with Gasteiger partial charge in [-0.25, -0.2) is 4.98 Å². The van der Waals surface area contributed by atoms with Gasteiger partial charge in [0.2, 0.25) is 11.8 Å². The number of methoxy groups -OCH3 is 1. The summed E-state index contributed by atoms with van der Waals surface area (Å²) in [6.45, 7) is 3.45. The highest BCUT2D eigenvalue weighted by Crippen LogP contribution is 2.30. The third-order valence-electron chi connectivity index (χ3n) is 6.11. The van der Waals surface area contributed by atoms with E-state index in [9.17, 15) is 9.59 Å². The minimum atomic E-state index is -0.516. The van der Waals surface area contributed by atoms with Crippen molar-refractivity contribution in [2.24, 2.45) is 0 Å². The van der Waals surface area contributed by atoms with Crippen LogP contribution >= 0.6 is 22.7 Å². The first-order valence-corrected chi connectivity index (χ1v) is 13.8. The van der Waals surface area contributed by atoms with E-state index in [4.69, 9.17) is 9.47 Å². The van der Waals surface area contributed by atoms with Gasteiger partial charge in [0.15, 0.2) is 11.5 Å². The van der Waals surface area contributed by atoms with E-state index < -0.39 is 6.04 Å². The number of benzene rings is 1. The molecule has 190 valence electrons. The second kappa shape index (κ2) is 12.7. The first-order chi connectivity index (χ1) is 17.5. The van der Waals surface area contributed by atoms with Crippen LogP contribution in [0.3, 0.4) is 0 Å². The average molecular weight is 526 g/mol. The van der Waals surface area contributed by atoms with Gasteiger partial charge in [-0.2, -0.15) is 0 Å². The number of carbonyl (C=O) groups is 2. The number of nitrogens with zero attached hydrogens (tertiary/aromatic N) is 2. The monoisotopic (exact) mass is 525 g/mol. The summed E-state index contributed by atoms with van der Waals surface area (Å²) in [6.07, 6.45) is 6.57. The Morgan fingerprint density at radius 1 is 1.25 bits per heavy atom. The van der Waals surface area contributed by atoms with Crippen molar-refractivity contribution in [3.63, 3.8) is 0 Å². The van der Waals surface area contributed by atoms with E-state index in [0.717, 1.165) is 35.4 Å². The van der Waals surface area contributed by atoms with Gasteiger partial charge in [-0.15, -0.1) is 22.7 Å². The number of aryl methyl sites for hydroxylation is 1. The maximum atomic E-state index is 13.3. The summed E-state index contributed by atoms with van der Waals surface area (Å²) < 4.78 is 11.6. The number of hydrogen-bond acceptors (Lipinski definition) is 7. The van der Waals surface area contributed by atoms with Gasteiger partial charge in [-0.05, 0) is 61.4 Å². The number of nitrogens with one attached hydrogen (secondary N) is 1. The van der Waals surface area contributed by atoms with Crippen LogP contribution in [0.25, 0.3) is 6.08 Å². The summed E-state index contributed by atoms with van der Waals surface area (Å²) >= 11 is 3.19. The Bertz CT molecular complexity index is 1190. The SMILES string of the molecule is COc1cc(CN(C(=O)C=Cc2cccs2)[C@H]2CCCCNC2=O)ccc1OCCc1scnc1C. The lowest BCUT2D eigenvalue weighted by Gasteiger charge is -2.29. The van der Waals surface area contributed by atoms with Gasteiger partial charge < -0.3 is 19.7 Å². The zero-order valence-corrected chi connectivity index (χ0v) is 22.2. The van der Waals surface area contributed by atoms with Crippen molar-refractivity contribution in [2.45, 2.75) is 45.2 Å². The topological polar surface area (TPSA) is 80.8 Å². The van der Waals surface area contributed by atoms with Gasteiger partial charge in [-0.3, -0.25) is 9.59 Å². The van der Waals surface area contributed by atoms with Crippen molar-refractivity contribution >= 4 is 40.6 Å². The highest BCUT2D eigenvalue weighted by Gasteiger charge is 2.30. The Hall–Kier alpha value is -3.17. The van der Waals surface area contributed by atoms with Gasteiger partial charge in [0.1, 0.15) is 6.04 Å². The van der Waals surface area contributed by atoms with Crippen LogP contribution in [0.5, 0.6) is 11.5 Å². The summed E-state index contributed by atoms with van der Waals surface area (Å²) in [5, 5.41) is 4.92. The highest BCUT2D eigenvalue weighted by molar-refractivity contribution is 7.10. The van der Waals surface area contributed by atoms with Crippen molar-refractivity contribution in [2.75, 3.05) is 20.3 Å². The molecule has 0 unspecified atom stereocenters. The maximum absolute atomic E-state index is 13.3. The number of thiazole rings is 1.